The minimum atomic E-state index is 0.451. The van der Waals surface area contributed by atoms with Gasteiger partial charge >= 0.3 is 0 Å². The molecule has 1 nitrogen and oxygen atoms in total. The van der Waals surface area contributed by atoms with E-state index in [9.17, 15) is 0 Å². The molecule has 0 heterocycles. The summed E-state index contributed by atoms with van der Waals surface area (Å²) in [6.45, 7) is 4.31. The summed E-state index contributed by atoms with van der Waals surface area (Å²) >= 11 is 6.46. The monoisotopic (exact) mass is 263 g/mol. The Morgan fingerprint density at radius 1 is 1.17 bits per heavy atom. The summed E-state index contributed by atoms with van der Waals surface area (Å²) in [5, 5.41) is 4.44. The molecular weight excluding hydrogens is 242 g/mol. The van der Waals surface area contributed by atoms with Crippen LogP contribution in [0.2, 0.25) is 5.02 Å². The van der Waals surface area contributed by atoms with E-state index in [1.54, 1.807) is 0 Å². The van der Waals surface area contributed by atoms with Gasteiger partial charge in [-0.2, -0.15) is 0 Å². The van der Waals surface area contributed by atoms with Gasteiger partial charge in [-0.3, -0.25) is 0 Å². The first-order valence-electron chi connectivity index (χ1n) is 7.07. The second-order valence-corrected chi connectivity index (χ2v) is 6.47. The van der Waals surface area contributed by atoms with E-state index in [0.29, 0.717) is 6.04 Å². The molecule has 0 saturated heterocycles. The van der Waals surface area contributed by atoms with E-state index in [-0.39, 0.29) is 0 Å². The molecule has 0 amide bonds. The molecule has 2 aliphatic rings. The predicted octanol–water partition coefficient (Wildman–Crippen LogP) is 4.26. The molecule has 0 aliphatic heterocycles. The highest BCUT2D eigenvalue weighted by Gasteiger charge is 2.55. The van der Waals surface area contributed by atoms with Gasteiger partial charge in [-0.25, -0.2) is 0 Å². The minimum absolute atomic E-state index is 0.451. The van der Waals surface area contributed by atoms with E-state index in [2.05, 4.69) is 38.3 Å². The number of rotatable bonds is 3. The van der Waals surface area contributed by atoms with Crippen molar-refractivity contribution in [1.82, 2.24) is 5.32 Å². The highest BCUT2D eigenvalue weighted by molar-refractivity contribution is 6.31. The molecular formula is C16H22ClN. The summed E-state index contributed by atoms with van der Waals surface area (Å²) < 4.78 is 0. The topological polar surface area (TPSA) is 12.0 Å². The molecule has 18 heavy (non-hydrogen) atoms. The van der Waals surface area contributed by atoms with Gasteiger partial charge in [-0.05, 0) is 74.2 Å². The number of halogens is 1. The Morgan fingerprint density at radius 3 is 2.39 bits per heavy atom. The number of hydrogen-bond donors (Lipinski definition) is 1. The molecule has 98 valence electrons. The fourth-order valence-corrected chi connectivity index (χ4v) is 4.30. The fourth-order valence-electron chi connectivity index (χ4n) is 3.97. The van der Waals surface area contributed by atoms with Crippen LogP contribution in [-0.4, -0.2) is 7.05 Å². The molecule has 0 aromatic heterocycles. The van der Waals surface area contributed by atoms with E-state index in [1.165, 1.54) is 36.0 Å². The van der Waals surface area contributed by atoms with E-state index >= 15 is 0 Å². The van der Waals surface area contributed by atoms with Crippen LogP contribution in [-0.2, 0) is 0 Å². The van der Waals surface area contributed by atoms with Crippen molar-refractivity contribution >= 4 is 11.6 Å². The van der Waals surface area contributed by atoms with Gasteiger partial charge in [-0.15, -0.1) is 0 Å². The first kappa shape index (κ1) is 12.5. The van der Waals surface area contributed by atoms with Gasteiger partial charge in [0.05, 0.1) is 0 Å². The summed E-state index contributed by atoms with van der Waals surface area (Å²) in [7, 11) is 2.07. The van der Waals surface area contributed by atoms with Gasteiger partial charge in [-0.1, -0.05) is 24.1 Å². The van der Waals surface area contributed by atoms with E-state index in [0.717, 1.165) is 22.8 Å². The Balaban J connectivity index is 1.90. The first-order chi connectivity index (χ1) is 8.63. The van der Waals surface area contributed by atoms with Gasteiger partial charge in [0.1, 0.15) is 0 Å². The number of hydrogen-bond acceptors (Lipinski definition) is 1. The van der Waals surface area contributed by atoms with E-state index in [1.807, 2.05) is 0 Å². The molecule has 1 aromatic rings. The quantitative estimate of drug-likeness (QED) is 0.859. The van der Waals surface area contributed by atoms with E-state index < -0.39 is 0 Å². The Hall–Kier alpha value is -0.530. The fraction of sp³-hybridized carbons (Fsp3) is 0.625. The van der Waals surface area contributed by atoms with Crippen LogP contribution in [0.1, 0.15) is 42.0 Å². The van der Waals surface area contributed by atoms with Gasteiger partial charge < -0.3 is 5.32 Å². The van der Waals surface area contributed by atoms with Gasteiger partial charge in [0.15, 0.2) is 0 Å². The SMILES string of the molecule is CNC(c1cc(C)c(C)cc1Cl)C1C2CCCC21. The van der Waals surface area contributed by atoms with Crippen molar-refractivity contribution in [3.8, 4) is 0 Å². The number of benzene rings is 1. The van der Waals surface area contributed by atoms with Crippen molar-refractivity contribution in [3.05, 3.63) is 33.8 Å². The molecule has 2 aliphatic carbocycles. The van der Waals surface area contributed by atoms with Crippen LogP contribution >= 0.6 is 11.6 Å². The molecule has 2 fully saturated rings. The molecule has 2 heteroatoms. The summed E-state index contributed by atoms with van der Waals surface area (Å²) in [5.41, 5.74) is 3.94. The Morgan fingerprint density at radius 2 is 1.78 bits per heavy atom. The lowest BCUT2D eigenvalue weighted by Gasteiger charge is -2.21. The summed E-state index contributed by atoms with van der Waals surface area (Å²) in [5.74, 6) is 2.74. The van der Waals surface area contributed by atoms with Crippen LogP contribution in [0.4, 0.5) is 0 Å². The summed E-state index contributed by atoms with van der Waals surface area (Å²) in [4.78, 5) is 0. The zero-order valence-electron chi connectivity index (χ0n) is 11.5. The maximum Gasteiger partial charge on any atom is 0.0456 e. The average Bonchev–Trinajstić information content (AvgIpc) is 2.81. The second kappa shape index (κ2) is 4.54. The van der Waals surface area contributed by atoms with Gasteiger partial charge in [0.2, 0.25) is 0 Å². The lowest BCUT2D eigenvalue weighted by molar-refractivity contribution is 0.444. The third kappa shape index (κ3) is 1.88. The maximum atomic E-state index is 6.46. The van der Waals surface area contributed by atoms with Crippen LogP contribution in [0.5, 0.6) is 0 Å². The highest BCUT2D eigenvalue weighted by atomic mass is 35.5. The van der Waals surface area contributed by atoms with Crippen LogP contribution in [0.25, 0.3) is 0 Å². The van der Waals surface area contributed by atoms with Crippen molar-refractivity contribution in [3.63, 3.8) is 0 Å². The predicted molar refractivity (Wildman–Crippen MR) is 77.0 cm³/mol. The minimum Gasteiger partial charge on any atom is -0.313 e. The first-order valence-corrected chi connectivity index (χ1v) is 7.45. The van der Waals surface area contributed by atoms with Crippen molar-refractivity contribution in [2.24, 2.45) is 17.8 Å². The zero-order chi connectivity index (χ0) is 12.9. The Bertz CT molecular complexity index is 458. The molecule has 0 radical (unpaired) electrons. The zero-order valence-corrected chi connectivity index (χ0v) is 12.2. The lowest BCUT2D eigenvalue weighted by Crippen LogP contribution is -2.21. The summed E-state index contributed by atoms with van der Waals surface area (Å²) in [6, 6.07) is 4.86. The number of fused-ring (bicyclic) bond motifs is 1. The number of aryl methyl sites for hydroxylation is 2. The van der Waals surface area contributed by atoms with Crippen LogP contribution in [0, 0.1) is 31.6 Å². The summed E-state index contributed by atoms with van der Waals surface area (Å²) in [6.07, 6.45) is 4.29. The van der Waals surface area contributed by atoms with Gasteiger partial charge in [0, 0.05) is 11.1 Å². The molecule has 2 saturated carbocycles. The maximum absolute atomic E-state index is 6.46. The second-order valence-electron chi connectivity index (χ2n) is 6.06. The lowest BCUT2D eigenvalue weighted by atomic mass is 9.94. The Kier molecular flexibility index (Phi) is 3.15. The van der Waals surface area contributed by atoms with E-state index in [4.69, 9.17) is 11.6 Å². The molecule has 3 atom stereocenters. The van der Waals surface area contributed by atoms with Crippen molar-refractivity contribution < 1.29 is 0 Å². The molecule has 1 aromatic carbocycles. The molecule has 3 unspecified atom stereocenters. The standard InChI is InChI=1S/C16H22ClN/c1-9-7-13(14(17)8-10(9)2)16(18-3)15-11-5-4-6-12(11)15/h7-8,11-12,15-16,18H,4-6H2,1-3H3. The molecule has 0 bridgehead atoms. The average molecular weight is 264 g/mol. The largest absolute Gasteiger partial charge is 0.313 e. The third-order valence-electron chi connectivity index (χ3n) is 5.12. The third-order valence-corrected chi connectivity index (χ3v) is 5.44. The molecule has 0 spiro atoms. The van der Waals surface area contributed by atoms with Crippen molar-refractivity contribution in [1.29, 1.82) is 0 Å². The van der Waals surface area contributed by atoms with Crippen molar-refractivity contribution in [2.45, 2.75) is 39.2 Å². The van der Waals surface area contributed by atoms with Gasteiger partial charge in [0.25, 0.3) is 0 Å². The normalized spacial score (nSPS) is 31.2. The van der Waals surface area contributed by atoms with Crippen molar-refractivity contribution in [2.75, 3.05) is 7.05 Å². The highest BCUT2D eigenvalue weighted by Crippen LogP contribution is 2.62. The van der Waals surface area contributed by atoms with Crippen LogP contribution in [0.15, 0.2) is 12.1 Å². The molecule has 1 N–H and O–H groups in total. The van der Waals surface area contributed by atoms with Crippen LogP contribution in [0.3, 0.4) is 0 Å². The molecule has 3 rings (SSSR count). The number of nitrogens with one attached hydrogen (secondary N) is 1. The van der Waals surface area contributed by atoms with Crippen LogP contribution < -0.4 is 5.32 Å². The Labute approximate surface area is 115 Å². The smallest absolute Gasteiger partial charge is 0.0456 e.